The highest BCUT2D eigenvalue weighted by atomic mass is 32.1. The summed E-state index contributed by atoms with van der Waals surface area (Å²) in [7, 11) is 0. The Kier molecular flexibility index (Phi) is 3.62. The van der Waals surface area contributed by atoms with Crippen LogP contribution in [0.2, 0.25) is 0 Å². The molecule has 0 unspecified atom stereocenters. The van der Waals surface area contributed by atoms with E-state index in [0.29, 0.717) is 0 Å². The number of likely N-dealkylation sites (tertiary alicyclic amines) is 1. The van der Waals surface area contributed by atoms with Gasteiger partial charge in [-0.15, -0.1) is 11.3 Å². The lowest BCUT2D eigenvalue weighted by atomic mass is 9.93. The van der Waals surface area contributed by atoms with Crippen LogP contribution in [0.3, 0.4) is 0 Å². The van der Waals surface area contributed by atoms with Crippen LogP contribution < -0.4 is 0 Å². The summed E-state index contributed by atoms with van der Waals surface area (Å²) in [5, 5.41) is 2.25. The van der Waals surface area contributed by atoms with Gasteiger partial charge in [0, 0.05) is 11.4 Å². The molecule has 1 aliphatic heterocycles. The first kappa shape index (κ1) is 11.5. The van der Waals surface area contributed by atoms with Crippen molar-refractivity contribution in [3.05, 3.63) is 28.0 Å². The van der Waals surface area contributed by atoms with Gasteiger partial charge in [0.05, 0.1) is 0 Å². The molecule has 0 bridgehead atoms. The molecule has 1 fully saturated rings. The van der Waals surface area contributed by atoms with E-state index in [2.05, 4.69) is 22.4 Å². The average molecular weight is 247 g/mol. The Balaban J connectivity index is 1.68. The topological polar surface area (TPSA) is 3.24 Å². The maximum Gasteiger partial charge on any atom is 0.0169 e. The Bertz CT molecular complexity index is 399. The van der Waals surface area contributed by atoms with Crippen LogP contribution >= 0.6 is 11.3 Å². The van der Waals surface area contributed by atoms with E-state index in [9.17, 15) is 0 Å². The summed E-state index contributed by atoms with van der Waals surface area (Å²) < 4.78 is 0. The zero-order valence-electron chi connectivity index (χ0n) is 10.5. The molecular formula is C15H21NS. The molecule has 0 atom stereocenters. The average Bonchev–Trinajstić information content (AvgIpc) is 2.86. The van der Waals surface area contributed by atoms with Crippen molar-refractivity contribution in [2.75, 3.05) is 19.6 Å². The molecule has 3 rings (SSSR count). The van der Waals surface area contributed by atoms with Crippen molar-refractivity contribution in [1.82, 2.24) is 4.90 Å². The number of piperidine rings is 1. The lowest BCUT2D eigenvalue weighted by molar-refractivity contribution is 0.251. The van der Waals surface area contributed by atoms with Gasteiger partial charge >= 0.3 is 0 Å². The molecule has 0 radical (unpaired) electrons. The molecule has 1 aromatic rings. The zero-order chi connectivity index (χ0) is 11.5. The molecule has 0 N–H and O–H groups in total. The predicted octanol–water partition coefficient (Wildman–Crippen LogP) is 3.95. The van der Waals surface area contributed by atoms with Crippen molar-refractivity contribution < 1.29 is 0 Å². The van der Waals surface area contributed by atoms with Crippen LogP contribution in [0.1, 0.15) is 42.5 Å². The summed E-state index contributed by atoms with van der Waals surface area (Å²) in [6.07, 6.45) is 10.7. The number of aryl methyl sites for hydroxylation is 1. The standard InChI is InChI=1S/C15H21NS/c1-2-9-16(10-3-1)11-7-13-5-4-6-15-14(13)8-12-17-15/h7-8,12H,1-6,9-11H2/b13-7+. The highest BCUT2D eigenvalue weighted by Gasteiger charge is 2.15. The molecule has 1 saturated heterocycles. The molecule has 1 aromatic heterocycles. The quantitative estimate of drug-likeness (QED) is 0.765. The molecule has 2 heterocycles. The summed E-state index contributed by atoms with van der Waals surface area (Å²) in [5.74, 6) is 0. The van der Waals surface area contributed by atoms with Gasteiger partial charge in [-0.1, -0.05) is 12.5 Å². The summed E-state index contributed by atoms with van der Waals surface area (Å²) in [5.41, 5.74) is 3.16. The van der Waals surface area contributed by atoms with Crippen LogP contribution in [0, 0.1) is 0 Å². The first-order valence-electron chi connectivity index (χ1n) is 6.91. The number of hydrogen-bond donors (Lipinski definition) is 0. The molecule has 1 aliphatic carbocycles. The van der Waals surface area contributed by atoms with E-state index in [1.807, 2.05) is 11.3 Å². The van der Waals surface area contributed by atoms with Crippen molar-refractivity contribution >= 4 is 16.9 Å². The smallest absolute Gasteiger partial charge is 0.0169 e. The Hall–Kier alpha value is -0.600. The minimum Gasteiger partial charge on any atom is -0.300 e. The molecule has 17 heavy (non-hydrogen) atoms. The number of hydrogen-bond acceptors (Lipinski definition) is 2. The van der Waals surface area contributed by atoms with Crippen molar-refractivity contribution in [2.24, 2.45) is 0 Å². The number of nitrogens with zero attached hydrogens (tertiary/aromatic N) is 1. The van der Waals surface area contributed by atoms with Crippen molar-refractivity contribution in [3.8, 4) is 0 Å². The van der Waals surface area contributed by atoms with Gasteiger partial charge in [-0.25, -0.2) is 0 Å². The molecule has 2 heteroatoms. The molecule has 0 saturated carbocycles. The molecule has 1 nitrogen and oxygen atoms in total. The van der Waals surface area contributed by atoms with E-state index in [1.54, 1.807) is 16.0 Å². The van der Waals surface area contributed by atoms with E-state index in [0.717, 1.165) is 0 Å². The number of allylic oxidation sites excluding steroid dienone is 1. The zero-order valence-corrected chi connectivity index (χ0v) is 11.3. The van der Waals surface area contributed by atoms with Gasteiger partial charge in [0.25, 0.3) is 0 Å². The van der Waals surface area contributed by atoms with Gasteiger partial charge in [0.2, 0.25) is 0 Å². The van der Waals surface area contributed by atoms with Crippen molar-refractivity contribution in [1.29, 1.82) is 0 Å². The lowest BCUT2D eigenvalue weighted by Crippen LogP contribution is -2.29. The maximum absolute atomic E-state index is 2.61. The van der Waals surface area contributed by atoms with Gasteiger partial charge in [-0.3, -0.25) is 4.90 Å². The van der Waals surface area contributed by atoms with Crippen LogP contribution in [0.5, 0.6) is 0 Å². The van der Waals surface area contributed by atoms with E-state index in [4.69, 9.17) is 0 Å². The minimum absolute atomic E-state index is 1.17. The summed E-state index contributed by atoms with van der Waals surface area (Å²) >= 11 is 1.94. The fourth-order valence-corrected chi connectivity index (χ4v) is 3.94. The van der Waals surface area contributed by atoms with Crippen LogP contribution in [-0.2, 0) is 6.42 Å². The molecule has 0 aromatic carbocycles. The second-order valence-corrected chi connectivity index (χ2v) is 6.20. The number of rotatable bonds is 2. The van der Waals surface area contributed by atoms with Crippen LogP contribution in [-0.4, -0.2) is 24.5 Å². The van der Waals surface area contributed by atoms with E-state index in [1.165, 1.54) is 58.2 Å². The Labute approximate surface area is 108 Å². The van der Waals surface area contributed by atoms with Gasteiger partial charge in [-0.05, 0) is 67.8 Å². The normalized spacial score (nSPS) is 23.9. The summed E-state index contributed by atoms with van der Waals surface area (Å²) in [6.45, 7) is 3.78. The molecule has 2 aliphatic rings. The monoisotopic (exact) mass is 247 g/mol. The molecule has 0 amide bonds. The largest absolute Gasteiger partial charge is 0.300 e. The Morgan fingerprint density at radius 3 is 2.88 bits per heavy atom. The van der Waals surface area contributed by atoms with Crippen molar-refractivity contribution in [3.63, 3.8) is 0 Å². The third kappa shape index (κ3) is 2.63. The summed E-state index contributed by atoms with van der Waals surface area (Å²) in [4.78, 5) is 4.22. The summed E-state index contributed by atoms with van der Waals surface area (Å²) in [6, 6.07) is 2.32. The second-order valence-electron chi connectivity index (χ2n) is 5.20. The maximum atomic E-state index is 2.61. The second kappa shape index (κ2) is 5.36. The van der Waals surface area contributed by atoms with Crippen LogP contribution in [0.15, 0.2) is 17.5 Å². The fourth-order valence-electron chi connectivity index (χ4n) is 2.99. The third-order valence-corrected chi connectivity index (χ3v) is 4.97. The van der Waals surface area contributed by atoms with Gasteiger partial charge < -0.3 is 0 Å². The van der Waals surface area contributed by atoms with E-state index >= 15 is 0 Å². The highest BCUT2D eigenvalue weighted by molar-refractivity contribution is 7.10. The van der Waals surface area contributed by atoms with Crippen molar-refractivity contribution in [2.45, 2.75) is 38.5 Å². The van der Waals surface area contributed by atoms with Crippen LogP contribution in [0.4, 0.5) is 0 Å². The van der Waals surface area contributed by atoms with Gasteiger partial charge in [0.15, 0.2) is 0 Å². The molecule has 92 valence electrons. The number of fused-ring (bicyclic) bond motifs is 1. The highest BCUT2D eigenvalue weighted by Crippen LogP contribution is 2.34. The third-order valence-electron chi connectivity index (χ3n) is 3.99. The SMILES string of the molecule is C(/CN1CCCCC1)=C1/CCCc2sccc21. The van der Waals surface area contributed by atoms with E-state index < -0.39 is 0 Å². The van der Waals surface area contributed by atoms with Gasteiger partial charge in [0.1, 0.15) is 0 Å². The minimum atomic E-state index is 1.17. The molecule has 0 spiro atoms. The molecular weight excluding hydrogens is 226 g/mol. The number of thiophene rings is 1. The fraction of sp³-hybridized carbons (Fsp3) is 0.600. The Morgan fingerprint density at radius 1 is 1.12 bits per heavy atom. The predicted molar refractivity (Wildman–Crippen MR) is 75.5 cm³/mol. The van der Waals surface area contributed by atoms with E-state index in [-0.39, 0.29) is 0 Å². The lowest BCUT2D eigenvalue weighted by Gasteiger charge is -2.26. The van der Waals surface area contributed by atoms with Gasteiger partial charge in [-0.2, -0.15) is 0 Å². The first-order valence-corrected chi connectivity index (χ1v) is 7.79. The first-order chi connectivity index (χ1) is 8.43. The Morgan fingerprint density at radius 2 is 2.00 bits per heavy atom. The van der Waals surface area contributed by atoms with Crippen LogP contribution in [0.25, 0.3) is 5.57 Å².